The van der Waals surface area contributed by atoms with Crippen LogP contribution in [0.15, 0.2) is 30.3 Å². The first-order chi connectivity index (χ1) is 10.1. The third-order valence-electron chi connectivity index (χ3n) is 3.20. The van der Waals surface area contributed by atoms with Crippen LogP contribution in [0.1, 0.15) is 30.1 Å². The largest absolute Gasteiger partial charge is 0.458 e. The van der Waals surface area contributed by atoms with E-state index in [0.717, 1.165) is 4.90 Å². The number of hydrogen-bond acceptors (Lipinski definition) is 5. The molecule has 0 saturated carbocycles. The lowest BCUT2D eigenvalue weighted by molar-refractivity contribution is -0.129. The average molecular weight is 291 g/mol. The Morgan fingerprint density at radius 2 is 2.05 bits per heavy atom. The van der Waals surface area contributed by atoms with Crippen LogP contribution in [-0.4, -0.2) is 42.1 Å². The zero-order chi connectivity index (χ0) is 15.2. The maximum Gasteiger partial charge on any atom is 0.416 e. The van der Waals surface area contributed by atoms with Gasteiger partial charge >= 0.3 is 12.1 Å². The van der Waals surface area contributed by atoms with E-state index in [1.807, 2.05) is 6.92 Å². The van der Waals surface area contributed by atoms with Crippen LogP contribution in [-0.2, 0) is 14.3 Å². The van der Waals surface area contributed by atoms with Crippen LogP contribution in [0.5, 0.6) is 0 Å². The van der Waals surface area contributed by atoms with Gasteiger partial charge in [-0.2, -0.15) is 0 Å². The van der Waals surface area contributed by atoms with Crippen LogP contribution in [0.4, 0.5) is 4.79 Å². The van der Waals surface area contributed by atoms with Crippen molar-refractivity contribution in [3.05, 3.63) is 35.9 Å². The highest BCUT2D eigenvalue weighted by molar-refractivity contribution is 5.93. The fraction of sp³-hybridized carbons (Fsp3) is 0.400. The number of benzene rings is 1. The van der Waals surface area contributed by atoms with Crippen LogP contribution in [0.3, 0.4) is 0 Å². The lowest BCUT2D eigenvalue weighted by atomic mass is 10.1. The summed E-state index contributed by atoms with van der Waals surface area (Å²) in [4.78, 5) is 36.3. The number of imide groups is 1. The molecule has 0 aromatic heterocycles. The first-order valence-electron chi connectivity index (χ1n) is 6.85. The lowest BCUT2D eigenvalue weighted by Crippen LogP contribution is -2.35. The van der Waals surface area contributed by atoms with E-state index >= 15 is 0 Å². The monoisotopic (exact) mass is 291 g/mol. The molecule has 1 aromatic rings. The van der Waals surface area contributed by atoms with E-state index in [9.17, 15) is 14.4 Å². The van der Waals surface area contributed by atoms with Gasteiger partial charge in [0.15, 0.2) is 0 Å². The van der Waals surface area contributed by atoms with E-state index < -0.39 is 18.2 Å². The maximum absolute atomic E-state index is 12.0. The number of nitrogens with zero attached hydrogens (tertiary/aromatic N) is 1. The maximum atomic E-state index is 12.0. The molecule has 1 aromatic carbocycles. The molecule has 1 fully saturated rings. The summed E-state index contributed by atoms with van der Waals surface area (Å²) in [5.41, 5.74) is 0.434. The van der Waals surface area contributed by atoms with Crippen LogP contribution < -0.4 is 0 Å². The van der Waals surface area contributed by atoms with Gasteiger partial charge < -0.3 is 9.47 Å². The van der Waals surface area contributed by atoms with Crippen molar-refractivity contribution in [2.75, 3.05) is 13.2 Å². The fourth-order valence-corrected chi connectivity index (χ4v) is 1.99. The van der Waals surface area contributed by atoms with Gasteiger partial charge in [-0.1, -0.05) is 25.1 Å². The van der Waals surface area contributed by atoms with Crippen molar-refractivity contribution in [3.8, 4) is 0 Å². The Balaban J connectivity index is 1.92. The van der Waals surface area contributed by atoms with E-state index in [1.54, 1.807) is 30.3 Å². The van der Waals surface area contributed by atoms with Gasteiger partial charge in [-0.15, -0.1) is 0 Å². The molecular formula is C15H17NO5. The van der Waals surface area contributed by atoms with Crippen LogP contribution in [0.2, 0.25) is 0 Å². The number of carbonyl (C=O) groups is 3. The van der Waals surface area contributed by atoms with Crippen molar-refractivity contribution in [1.29, 1.82) is 0 Å². The fourth-order valence-electron chi connectivity index (χ4n) is 1.99. The molecule has 6 heteroatoms. The van der Waals surface area contributed by atoms with E-state index in [2.05, 4.69) is 0 Å². The normalized spacial score (nSPS) is 15.5. The van der Waals surface area contributed by atoms with E-state index in [1.165, 1.54) is 0 Å². The number of esters is 1. The molecule has 0 radical (unpaired) electrons. The second-order valence-corrected chi connectivity index (χ2v) is 4.67. The second kappa shape index (κ2) is 6.88. The Hall–Kier alpha value is -2.37. The summed E-state index contributed by atoms with van der Waals surface area (Å²) in [5.74, 6) is -0.857. The van der Waals surface area contributed by atoms with Gasteiger partial charge in [-0.3, -0.25) is 4.79 Å². The summed E-state index contributed by atoms with van der Waals surface area (Å²) >= 11 is 0. The molecule has 2 amide bonds. The van der Waals surface area contributed by atoms with Crippen LogP contribution in [0.25, 0.3) is 0 Å². The number of rotatable bonds is 5. The van der Waals surface area contributed by atoms with E-state index in [0.29, 0.717) is 12.0 Å². The van der Waals surface area contributed by atoms with Crippen molar-refractivity contribution in [1.82, 2.24) is 4.90 Å². The van der Waals surface area contributed by atoms with Gasteiger partial charge in [-0.25, -0.2) is 14.5 Å². The van der Waals surface area contributed by atoms with Crippen molar-refractivity contribution in [3.63, 3.8) is 0 Å². The number of hydrogen-bond donors (Lipinski definition) is 0. The van der Waals surface area contributed by atoms with Gasteiger partial charge in [0.05, 0.1) is 18.5 Å². The second-order valence-electron chi connectivity index (χ2n) is 4.67. The molecule has 6 nitrogen and oxygen atoms in total. The predicted octanol–water partition coefficient (Wildman–Crippen LogP) is 1.99. The smallest absolute Gasteiger partial charge is 0.416 e. The zero-order valence-corrected chi connectivity index (χ0v) is 11.8. The quantitative estimate of drug-likeness (QED) is 0.776. The van der Waals surface area contributed by atoms with E-state index in [4.69, 9.17) is 9.47 Å². The van der Waals surface area contributed by atoms with E-state index in [-0.39, 0.29) is 25.5 Å². The molecule has 1 aliphatic rings. The van der Waals surface area contributed by atoms with Crippen LogP contribution in [0, 0.1) is 0 Å². The molecule has 1 atom stereocenters. The highest BCUT2D eigenvalue weighted by atomic mass is 16.6. The van der Waals surface area contributed by atoms with Crippen molar-refractivity contribution < 1.29 is 23.9 Å². The van der Waals surface area contributed by atoms with Crippen molar-refractivity contribution in [2.24, 2.45) is 0 Å². The molecule has 112 valence electrons. The summed E-state index contributed by atoms with van der Waals surface area (Å²) < 4.78 is 10.0. The van der Waals surface area contributed by atoms with Gasteiger partial charge in [0.25, 0.3) is 0 Å². The molecule has 1 saturated heterocycles. The predicted molar refractivity (Wildman–Crippen MR) is 73.6 cm³/mol. The Kier molecular flexibility index (Phi) is 4.92. The Morgan fingerprint density at radius 1 is 1.33 bits per heavy atom. The Bertz CT molecular complexity index is 528. The number of cyclic esters (lactones) is 1. The Morgan fingerprint density at radius 3 is 2.62 bits per heavy atom. The van der Waals surface area contributed by atoms with Gasteiger partial charge in [0, 0.05) is 0 Å². The molecule has 0 N–H and O–H groups in total. The standard InChI is InChI=1S/C15H17NO5/c1-2-12(10-13(17)16-8-9-20-15(16)19)21-14(18)11-6-4-3-5-7-11/h3-7,12H,2,8-10H2,1H3. The summed E-state index contributed by atoms with van der Waals surface area (Å²) in [7, 11) is 0. The van der Waals surface area contributed by atoms with Crippen molar-refractivity contribution in [2.45, 2.75) is 25.9 Å². The number of ether oxygens (including phenoxy) is 2. The molecule has 0 aliphatic carbocycles. The molecule has 1 aliphatic heterocycles. The third kappa shape index (κ3) is 3.81. The molecule has 21 heavy (non-hydrogen) atoms. The topological polar surface area (TPSA) is 72.9 Å². The summed E-state index contributed by atoms with van der Waals surface area (Å²) in [5, 5.41) is 0. The first kappa shape index (κ1) is 15.0. The highest BCUT2D eigenvalue weighted by Gasteiger charge is 2.30. The number of amides is 2. The van der Waals surface area contributed by atoms with Crippen molar-refractivity contribution >= 4 is 18.0 Å². The molecule has 0 spiro atoms. The van der Waals surface area contributed by atoms with Gasteiger partial charge in [0.2, 0.25) is 5.91 Å². The van der Waals surface area contributed by atoms with Gasteiger partial charge in [0.1, 0.15) is 12.7 Å². The average Bonchev–Trinajstić information content (AvgIpc) is 2.93. The minimum atomic E-state index is -0.635. The molecule has 1 unspecified atom stereocenters. The minimum absolute atomic E-state index is 0.0236. The molecular weight excluding hydrogens is 274 g/mol. The molecule has 0 bridgehead atoms. The van der Waals surface area contributed by atoms with Gasteiger partial charge in [-0.05, 0) is 18.6 Å². The SMILES string of the molecule is CCC(CC(=O)N1CCOC1=O)OC(=O)c1ccccc1. The molecule has 1 heterocycles. The third-order valence-corrected chi connectivity index (χ3v) is 3.20. The summed E-state index contributed by atoms with van der Waals surface area (Å²) in [6, 6.07) is 8.58. The van der Waals surface area contributed by atoms with Crippen LogP contribution >= 0.6 is 0 Å². The highest BCUT2D eigenvalue weighted by Crippen LogP contribution is 2.13. The zero-order valence-electron chi connectivity index (χ0n) is 11.8. The first-order valence-corrected chi connectivity index (χ1v) is 6.85. The Labute approximate surface area is 122 Å². The minimum Gasteiger partial charge on any atom is -0.458 e. The number of carbonyl (C=O) groups excluding carboxylic acids is 3. The molecule has 2 rings (SSSR count). The lowest BCUT2D eigenvalue weighted by Gasteiger charge is -2.18. The summed E-state index contributed by atoms with van der Waals surface area (Å²) in [6.07, 6.45) is -0.722. The summed E-state index contributed by atoms with van der Waals surface area (Å²) in [6.45, 7) is 2.28.